The predicted octanol–water partition coefficient (Wildman–Crippen LogP) is 3.51. The maximum absolute atomic E-state index is 5.34. The summed E-state index contributed by atoms with van der Waals surface area (Å²) in [5.74, 6) is 0.462. The molecule has 5 nitrogen and oxygen atoms in total. The zero-order valence-corrected chi connectivity index (χ0v) is 12.3. The van der Waals surface area contributed by atoms with Gasteiger partial charge in [-0.1, -0.05) is 17.7 Å². The van der Waals surface area contributed by atoms with Crippen LogP contribution in [-0.4, -0.2) is 20.0 Å². The van der Waals surface area contributed by atoms with Crippen LogP contribution >= 0.6 is 12.2 Å². The number of nitrogens with zero attached hydrogens (tertiary/aromatic N) is 3. The van der Waals surface area contributed by atoms with Gasteiger partial charge in [0.25, 0.3) is 4.84 Å². The largest absolute Gasteiger partial charge is 0.409 e. The molecule has 0 aliphatic rings. The fourth-order valence-corrected chi connectivity index (χ4v) is 2.38. The van der Waals surface area contributed by atoms with Crippen molar-refractivity contribution in [2.24, 2.45) is 0 Å². The van der Waals surface area contributed by atoms with Crippen LogP contribution < -0.4 is 0 Å². The predicted molar refractivity (Wildman–Crippen MR) is 78.5 cm³/mol. The molecule has 3 aromatic rings. The van der Waals surface area contributed by atoms with Crippen molar-refractivity contribution in [3.8, 4) is 17.1 Å². The zero-order valence-electron chi connectivity index (χ0n) is 11.5. The molecular formula is C14H14N4OS. The second kappa shape index (κ2) is 4.72. The van der Waals surface area contributed by atoms with E-state index in [1.807, 2.05) is 11.6 Å². The van der Waals surface area contributed by atoms with E-state index in [0.717, 1.165) is 16.9 Å². The van der Waals surface area contributed by atoms with Crippen LogP contribution in [0.15, 0.2) is 28.8 Å². The number of aromatic nitrogens is 4. The van der Waals surface area contributed by atoms with Gasteiger partial charge in [0, 0.05) is 0 Å². The van der Waals surface area contributed by atoms with E-state index in [1.54, 1.807) is 6.20 Å². The molecule has 20 heavy (non-hydrogen) atoms. The van der Waals surface area contributed by atoms with Gasteiger partial charge in [-0.05, 0) is 44.6 Å². The lowest BCUT2D eigenvalue weighted by Gasteiger charge is -2.09. The summed E-state index contributed by atoms with van der Waals surface area (Å²) >= 11 is 4.90. The van der Waals surface area contributed by atoms with Crippen LogP contribution in [0.5, 0.6) is 0 Å². The molecule has 0 aliphatic heterocycles. The molecule has 0 atom stereocenters. The third kappa shape index (κ3) is 2.08. The van der Waals surface area contributed by atoms with Gasteiger partial charge in [-0.2, -0.15) is 5.10 Å². The Balaban J connectivity index is 2.13. The third-order valence-corrected chi connectivity index (χ3v) is 3.43. The van der Waals surface area contributed by atoms with E-state index in [1.165, 1.54) is 11.1 Å². The van der Waals surface area contributed by atoms with E-state index in [9.17, 15) is 0 Å². The van der Waals surface area contributed by atoms with Crippen LogP contribution in [0, 0.1) is 25.6 Å². The minimum atomic E-state index is 0.263. The van der Waals surface area contributed by atoms with Gasteiger partial charge in [0.15, 0.2) is 0 Å². The first-order chi connectivity index (χ1) is 9.56. The highest BCUT2D eigenvalue weighted by Crippen LogP contribution is 2.24. The smallest absolute Gasteiger partial charge is 0.284 e. The number of H-pyrrole nitrogens is 1. The lowest BCUT2D eigenvalue weighted by molar-refractivity contribution is 0.551. The Morgan fingerprint density at radius 1 is 1.25 bits per heavy atom. The highest BCUT2D eigenvalue weighted by Gasteiger charge is 2.15. The second-order valence-electron chi connectivity index (χ2n) is 4.76. The highest BCUT2D eigenvalue weighted by molar-refractivity contribution is 7.71. The van der Waals surface area contributed by atoms with Gasteiger partial charge < -0.3 is 4.42 Å². The Kier molecular flexibility index (Phi) is 3.02. The Hall–Kier alpha value is -2.21. The molecule has 0 unspecified atom stereocenters. The fourth-order valence-electron chi connectivity index (χ4n) is 2.25. The van der Waals surface area contributed by atoms with Crippen molar-refractivity contribution in [1.82, 2.24) is 20.0 Å². The lowest BCUT2D eigenvalue weighted by Crippen LogP contribution is -2.01. The molecule has 0 bridgehead atoms. The van der Waals surface area contributed by atoms with E-state index in [0.29, 0.717) is 5.89 Å². The number of hydrogen-bond donors (Lipinski definition) is 1. The molecule has 1 N–H and O–H groups in total. The topological polar surface area (TPSA) is 59.6 Å². The van der Waals surface area contributed by atoms with E-state index in [2.05, 4.69) is 47.3 Å². The lowest BCUT2D eigenvalue weighted by atomic mass is 10.1. The van der Waals surface area contributed by atoms with E-state index < -0.39 is 0 Å². The van der Waals surface area contributed by atoms with Crippen LogP contribution in [0.25, 0.3) is 17.1 Å². The third-order valence-electron chi connectivity index (χ3n) is 3.26. The monoisotopic (exact) mass is 286 g/mol. The summed E-state index contributed by atoms with van der Waals surface area (Å²) in [5, 5.41) is 11.1. The van der Waals surface area contributed by atoms with E-state index in [-0.39, 0.29) is 4.84 Å². The maximum atomic E-state index is 5.34. The number of nitrogens with one attached hydrogen (secondary N) is 1. The van der Waals surface area contributed by atoms with Gasteiger partial charge >= 0.3 is 0 Å². The zero-order chi connectivity index (χ0) is 14.3. The molecule has 0 saturated heterocycles. The first-order valence-electron chi connectivity index (χ1n) is 6.24. The van der Waals surface area contributed by atoms with Crippen molar-refractivity contribution in [3.63, 3.8) is 0 Å². The molecule has 2 heterocycles. The summed E-state index contributed by atoms with van der Waals surface area (Å²) in [6.07, 6.45) is 1.74. The standard InChI is InChI=1S/C14H14N4OS/c1-8-4-5-12(9(2)6-8)18-10(3)11(7-15-18)13-16-17-14(20)19-13/h4-7H,1-3H3,(H,17,20). The molecule has 0 aliphatic carbocycles. The van der Waals surface area contributed by atoms with Gasteiger partial charge in [-0.15, -0.1) is 5.10 Å². The van der Waals surface area contributed by atoms with Gasteiger partial charge in [-0.25, -0.2) is 9.78 Å². The van der Waals surface area contributed by atoms with Crippen LogP contribution in [0.2, 0.25) is 0 Å². The molecule has 6 heteroatoms. The number of rotatable bonds is 2. The van der Waals surface area contributed by atoms with Crippen LogP contribution in [0.3, 0.4) is 0 Å². The average molecular weight is 286 g/mol. The normalized spacial score (nSPS) is 10.9. The van der Waals surface area contributed by atoms with E-state index >= 15 is 0 Å². The number of benzene rings is 1. The molecule has 1 aromatic carbocycles. The number of aryl methyl sites for hydroxylation is 2. The van der Waals surface area contributed by atoms with E-state index in [4.69, 9.17) is 16.6 Å². The van der Waals surface area contributed by atoms with Gasteiger partial charge in [0.2, 0.25) is 5.89 Å². The Morgan fingerprint density at radius 3 is 2.70 bits per heavy atom. The van der Waals surface area contributed by atoms with Crippen LogP contribution in [0.1, 0.15) is 16.8 Å². The number of aromatic amines is 1. The second-order valence-corrected chi connectivity index (χ2v) is 5.13. The molecule has 2 aromatic heterocycles. The molecular weight excluding hydrogens is 272 g/mol. The van der Waals surface area contributed by atoms with Crippen molar-refractivity contribution < 1.29 is 4.42 Å². The Bertz CT molecular complexity index is 828. The summed E-state index contributed by atoms with van der Waals surface area (Å²) < 4.78 is 7.23. The molecule has 0 amide bonds. The maximum Gasteiger partial charge on any atom is 0.284 e. The Morgan fingerprint density at radius 2 is 2.05 bits per heavy atom. The minimum absolute atomic E-state index is 0.263. The van der Waals surface area contributed by atoms with Gasteiger partial charge in [-0.3, -0.25) is 0 Å². The number of hydrogen-bond acceptors (Lipinski definition) is 4. The summed E-state index contributed by atoms with van der Waals surface area (Å²) in [7, 11) is 0. The van der Waals surface area contributed by atoms with Gasteiger partial charge in [0.05, 0.1) is 23.1 Å². The van der Waals surface area contributed by atoms with Crippen molar-refractivity contribution in [2.75, 3.05) is 0 Å². The summed E-state index contributed by atoms with van der Waals surface area (Å²) in [6, 6.07) is 6.27. The highest BCUT2D eigenvalue weighted by atomic mass is 32.1. The van der Waals surface area contributed by atoms with Crippen molar-refractivity contribution in [3.05, 3.63) is 46.1 Å². The summed E-state index contributed by atoms with van der Waals surface area (Å²) in [6.45, 7) is 6.13. The first kappa shape index (κ1) is 12.8. The molecule has 0 saturated carbocycles. The fraction of sp³-hybridized carbons (Fsp3) is 0.214. The van der Waals surface area contributed by atoms with Crippen LogP contribution in [-0.2, 0) is 0 Å². The van der Waals surface area contributed by atoms with Crippen molar-refractivity contribution in [1.29, 1.82) is 0 Å². The Labute approximate surface area is 121 Å². The van der Waals surface area contributed by atoms with Crippen molar-refractivity contribution in [2.45, 2.75) is 20.8 Å². The summed E-state index contributed by atoms with van der Waals surface area (Å²) in [5.41, 5.74) is 5.24. The minimum Gasteiger partial charge on any atom is -0.409 e. The molecule has 102 valence electrons. The summed E-state index contributed by atoms with van der Waals surface area (Å²) in [4.78, 5) is 0.263. The molecule has 3 rings (SSSR count). The van der Waals surface area contributed by atoms with Crippen LogP contribution in [0.4, 0.5) is 0 Å². The quantitative estimate of drug-likeness (QED) is 0.732. The molecule has 0 radical (unpaired) electrons. The SMILES string of the molecule is Cc1ccc(-n2ncc(-c3n[nH]c(=S)o3)c2C)c(C)c1. The van der Waals surface area contributed by atoms with Crippen molar-refractivity contribution >= 4 is 12.2 Å². The first-order valence-corrected chi connectivity index (χ1v) is 6.65. The molecule has 0 spiro atoms. The molecule has 0 fully saturated rings. The average Bonchev–Trinajstić information content (AvgIpc) is 2.96. The van der Waals surface area contributed by atoms with Gasteiger partial charge in [0.1, 0.15) is 0 Å².